The zero-order valence-electron chi connectivity index (χ0n) is 19.6. The van der Waals surface area contributed by atoms with Crippen molar-refractivity contribution < 1.29 is 14.2 Å². The maximum Gasteiger partial charge on any atom is 0.271 e. The van der Waals surface area contributed by atoms with Crippen LogP contribution in [-0.4, -0.2) is 16.3 Å². The third-order valence-corrected chi connectivity index (χ3v) is 7.62. The predicted molar refractivity (Wildman–Crippen MR) is 138 cm³/mol. The summed E-state index contributed by atoms with van der Waals surface area (Å²) in [4.78, 5) is 19.4. The van der Waals surface area contributed by atoms with Crippen molar-refractivity contribution in [1.82, 2.24) is 4.57 Å². The van der Waals surface area contributed by atoms with E-state index in [2.05, 4.69) is 12.1 Å². The molecule has 36 heavy (non-hydrogen) atoms. The summed E-state index contributed by atoms with van der Waals surface area (Å²) >= 11 is 1.33. The number of aromatic nitrogens is 1. The first-order valence-electron chi connectivity index (χ1n) is 11.9. The molecule has 5 nitrogen and oxygen atoms in total. The average Bonchev–Trinajstić information content (AvgIpc) is 3.20. The normalized spacial score (nSPS) is 16.7. The van der Waals surface area contributed by atoms with Crippen molar-refractivity contribution in [1.29, 1.82) is 0 Å². The van der Waals surface area contributed by atoms with E-state index in [1.165, 1.54) is 29.0 Å². The molecule has 1 atom stereocenters. The highest BCUT2D eigenvalue weighted by Crippen LogP contribution is 2.41. The Balaban J connectivity index is 1.58. The van der Waals surface area contributed by atoms with Crippen LogP contribution in [0.2, 0.25) is 0 Å². The number of phenols is 1. The summed E-state index contributed by atoms with van der Waals surface area (Å²) in [6.07, 6.45) is 3.43. The van der Waals surface area contributed by atoms with E-state index in [1.54, 1.807) is 41.0 Å². The standard InChI is InChI=1S/C29H23FN2O3S/c1-2-35-24-15-17(7-14-23(24)33)16-25-28(34)32-27(19-8-11-20(30)12-9-19)22-13-10-18-5-3-4-6-21(18)26(22)31-29(32)36-25/h3-9,11-12,14-16,27,33H,2,10,13H2,1H3. The van der Waals surface area contributed by atoms with Crippen LogP contribution >= 0.6 is 11.3 Å². The van der Waals surface area contributed by atoms with Crippen molar-refractivity contribution in [3.63, 3.8) is 0 Å². The highest BCUT2D eigenvalue weighted by Gasteiger charge is 2.32. The fraction of sp³-hybridized carbons (Fsp3) is 0.172. The van der Waals surface area contributed by atoms with Gasteiger partial charge in [-0.25, -0.2) is 9.38 Å². The zero-order valence-corrected chi connectivity index (χ0v) is 20.4. The predicted octanol–water partition coefficient (Wildman–Crippen LogP) is 4.56. The number of ether oxygens (including phenoxy) is 1. The highest BCUT2D eigenvalue weighted by molar-refractivity contribution is 7.07. The summed E-state index contributed by atoms with van der Waals surface area (Å²) in [5.74, 6) is 0.111. The molecule has 2 aliphatic rings. The van der Waals surface area contributed by atoms with Crippen LogP contribution < -0.4 is 19.6 Å². The van der Waals surface area contributed by atoms with Crippen molar-refractivity contribution in [3.8, 4) is 11.5 Å². The van der Waals surface area contributed by atoms with Gasteiger partial charge in [-0.15, -0.1) is 0 Å². The number of nitrogens with zero attached hydrogens (tertiary/aromatic N) is 2. The third kappa shape index (κ3) is 3.76. The van der Waals surface area contributed by atoms with Crippen molar-refractivity contribution >= 4 is 23.1 Å². The van der Waals surface area contributed by atoms with Gasteiger partial charge in [-0.2, -0.15) is 0 Å². The van der Waals surface area contributed by atoms with E-state index in [-0.39, 0.29) is 23.2 Å². The maximum absolute atomic E-state index is 13.8. The maximum atomic E-state index is 13.8. The lowest BCUT2D eigenvalue weighted by Gasteiger charge is -2.30. The lowest BCUT2D eigenvalue weighted by molar-refractivity contribution is 0.318. The molecule has 1 aromatic heterocycles. The van der Waals surface area contributed by atoms with Crippen LogP contribution in [-0.2, 0) is 6.42 Å². The topological polar surface area (TPSA) is 63.8 Å². The third-order valence-electron chi connectivity index (χ3n) is 6.64. The zero-order chi connectivity index (χ0) is 24.8. The molecule has 0 radical (unpaired) electrons. The Hall–Kier alpha value is -3.97. The molecule has 4 aromatic rings. The summed E-state index contributed by atoms with van der Waals surface area (Å²) in [5.41, 5.74) is 5.75. The molecule has 6 rings (SSSR count). The summed E-state index contributed by atoms with van der Waals surface area (Å²) in [7, 11) is 0. The Kier molecular flexibility index (Phi) is 5.57. The van der Waals surface area contributed by atoms with Gasteiger partial charge in [0.2, 0.25) is 0 Å². The Morgan fingerprint density at radius 1 is 1.14 bits per heavy atom. The first-order valence-corrected chi connectivity index (χ1v) is 12.7. The fourth-order valence-corrected chi connectivity index (χ4v) is 6.01. The van der Waals surface area contributed by atoms with E-state index < -0.39 is 0 Å². The van der Waals surface area contributed by atoms with Crippen molar-refractivity contribution in [2.24, 2.45) is 4.99 Å². The molecule has 7 heteroatoms. The quantitative estimate of drug-likeness (QED) is 0.449. The van der Waals surface area contributed by atoms with Gasteiger partial charge in [-0.05, 0) is 72.4 Å². The van der Waals surface area contributed by atoms with E-state index in [0.29, 0.717) is 21.7 Å². The Labute approximate surface area is 210 Å². The molecule has 1 aliphatic carbocycles. The molecule has 0 fully saturated rings. The largest absolute Gasteiger partial charge is 0.504 e. The van der Waals surface area contributed by atoms with Gasteiger partial charge in [0.1, 0.15) is 5.82 Å². The SMILES string of the molecule is CCOc1cc(C=c2sc3n(c2=O)C(c2ccc(F)cc2)C2=C(N=3)c3ccccc3CC2)ccc1O. The number of hydrogen-bond acceptors (Lipinski definition) is 5. The minimum absolute atomic E-state index is 0.0538. The number of thiazole rings is 1. The molecule has 2 heterocycles. The number of allylic oxidation sites excluding steroid dienone is 1. The van der Waals surface area contributed by atoms with E-state index in [0.717, 1.165) is 40.8 Å². The van der Waals surface area contributed by atoms with Crippen LogP contribution in [0.15, 0.2) is 82.1 Å². The molecule has 1 unspecified atom stereocenters. The number of hydrogen-bond donors (Lipinski definition) is 1. The molecule has 3 aromatic carbocycles. The first-order chi connectivity index (χ1) is 17.5. The van der Waals surface area contributed by atoms with Crippen LogP contribution in [0.1, 0.15) is 41.6 Å². The van der Waals surface area contributed by atoms with E-state index in [4.69, 9.17) is 9.73 Å². The lowest BCUT2D eigenvalue weighted by Crippen LogP contribution is -2.38. The number of aryl methyl sites for hydroxylation is 1. The van der Waals surface area contributed by atoms with Gasteiger partial charge in [0.15, 0.2) is 16.3 Å². The second-order valence-corrected chi connectivity index (χ2v) is 9.83. The van der Waals surface area contributed by atoms with Crippen LogP contribution in [0.3, 0.4) is 0 Å². The van der Waals surface area contributed by atoms with Crippen molar-refractivity contribution in [2.75, 3.05) is 6.61 Å². The first kappa shape index (κ1) is 22.5. The number of phenolic OH excluding ortho intramolecular Hbond substituents is 1. The number of aromatic hydroxyl groups is 1. The molecular weight excluding hydrogens is 475 g/mol. The Bertz CT molecular complexity index is 1700. The molecule has 1 N–H and O–H groups in total. The molecule has 0 saturated heterocycles. The minimum atomic E-state index is -0.355. The van der Waals surface area contributed by atoms with Gasteiger partial charge < -0.3 is 9.84 Å². The second kappa shape index (κ2) is 8.91. The molecule has 180 valence electrons. The van der Waals surface area contributed by atoms with Crippen LogP contribution in [0, 0.1) is 5.82 Å². The van der Waals surface area contributed by atoms with Gasteiger partial charge in [0.05, 0.1) is 22.9 Å². The molecular formula is C29H23FN2O3S. The lowest BCUT2D eigenvalue weighted by atomic mass is 9.83. The van der Waals surface area contributed by atoms with E-state index in [9.17, 15) is 14.3 Å². The fourth-order valence-electron chi connectivity index (χ4n) is 5.01. The number of fused-ring (bicyclic) bond motifs is 3. The summed E-state index contributed by atoms with van der Waals surface area (Å²) < 4.78 is 21.6. The Morgan fingerprint density at radius 2 is 1.94 bits per heavy atom. The van der Waals surface area contributed by atoms with Crippen LogP contribution in [0.4, 0.5) is 4.39 Å². The van der Waals surface area contributed by atoms with E-state index >= 15 is 0 Å². The number of benzene rings is 3. The number of rotatable bonds is 4. The minimum Gasteiger partial charge on any atom is -0.504 e. The van der Waals surface area contributed by atoms with Crippen LogP contribution in [0.5, 0.6) is 11.5 Å². The summed E-state index contributed by atoms with van der Waals surface area (Å²) in [6, 6.07) is 19.3. The van der Waals surface area contributed by atoms with E-state index in [1.807, 2.05) is 19.1 Å². The Morgan fingerprint density at radius 3 is 2.75 bits per heavy atom. The molecule has 1 aliphatic heterocycles. The second-order valence-electron chi connectivity index (χ2n) is 8.83. The van der Waals surface area contributed by atoms with Crippen molar-refractivity contribution in [2.45, 2.75) is 25.8 Å². The van der Waals surface area contributed by atoms with Gasteiger partial charge in [-0.1, -0.05) is 53.8 Å². The van der Waals surface area contributed by atoms with Gasteiger partial charge >= 0.3 is 0 Å². The summed E-state index contributed by atoms with van der Waals surface area (Å²) in [5, 5.41) is 10.0. The van der Waals surface area contributed by atoms with Gasteiger partial charge in [0, 0.05) is 5.56 Å². The monoisotopic (exact) mass is 498 g/mol. The van der Waals surface area contributed by atoms with Crippen LogP contribution in [0.25, 0.3) is 11.8 Å². The molecule has 0 saturated carbocycles. The van der Waals surface area contributed by atoms with Gasteiger partial charge in [-0.3, -0.25) is 9.36 Å². The average molecular weight is 499 g/mol. The highest BCUT2D eigenvalue weighted by atomic mass is 32.1. The van der Waals surface area contributed by atoms with Gasteiger partial charge in [0.25, 0.3) is 5.56 Å². The number of halogens is 1. The molecule has 0 spiro atoms. The van der Waals surface area contributed by atoms with Crippen molar-refractivity contribution in [3.05, 3.63) is 120 Å². The molecule has 0 bridgehead atoms. The molecule has 0 amide bonds. The summed E-state index contributed by atoms with van der Waals surface area (Å²) in [6.45, 7) is 2.27. The smallest absolute Gasteiger partial charge is 0.271 e.